The van der Waals surface area contributed by atoms with E-state index in [4.69, 9.17) is 4.42 Å². The molecule has 0 spiro atoms. The standard InChI is InChI=1S/C18H25NO/c1-13-11-17(13)18-10-9-16(20-18)12-19(15-7-8-15)14-5-3-2-4-6-14/h3,5,9-10,13-15,17H,2,4,6-8,11-12H2,1H3. The van der Waals surface area contributed by atoms with E-state index in [2.05, 4.69) is 36.1 Å². The Morgan fingerprint density at radius 1 is 1.25 bits per heavy atom. The van der Waals surface area contributed by atoms with Crippen LogP contribution in [0.25, 0.3) is 0 Å². The van der Waals surface area contributed by atoms with Crippen molar-refractivity contribution in [3.8, 4) is 0 Å². The first-order valence-electron chi connectivity index (χ1n) is 8.32. The van der Waals surface area contributed by atoms with Crippen LogP contribution in [0.1, 0.15) is 62.9 Å². The first-order valence-corrected chi connectivity index (χ1v) is 8.32. The predicted molar refractivity (Wildman–Crippen MR) is 80.6 cm³/mol. The van der Waals surface area contributed by atoms with Gasteiger partial charge in [-0.3, -0.25) is 4.90 Å². The minimum absolute atomic E-state index is 0.643. The van der Waals surface area contributed by atoms with Crippen molar-refractivity contribution in [2.45, 2.75) is 70.0 Å². The molecule has 3 aliphatic carbocycles. The van der Waals surface area contributed by atoms with Crippen molar-refractivity contribution in [3.05, 3.63) is 35.8 Å². The van der Waals surface area contributed by atoms with Crippen LogP contribution in [0.3, 0.4) is 0 Å². The average molecular weight is 271 g/mol. The third-order valence-corrected chi connectivity index (χ3v) is 5.17. The lowest BCUT2D eigenvalue weighted by atomic mass is 10.0. The van der Waals surface area contributed by atoms with Crippen LogP contribution in [0.4, 0.5) is 0 Å². The number of hydrogen-bond donors (Lipinski definition) is 0. The van der Waals surface area contributed by atoms with E-state index < -0.39 is 0 Å². The fraction of sp³-hybridized carbons (Fsp3) is 0.667. The van der Waals surface area contributed by atoms with Gasteiger partial charge in [0.15, 0.2) is 0 Å². The summed E-state index contributed by atoms with van der Waals surface area (Å²) in [5.41, 5.74) is 0. The Morgan fingerprint density at radius 3 is 2.75 bits per heavy atom. The maximum Gasteiger partial charge on any atom is 0.118 e. The zero-order valence-electron chi connectivity index (χ0n) is 12.4. The summed E-state index contributed by atoms with van der Waals surface area (Å²) < 4.78 is 6.11. The van der Waals surface area contributed by atoms with Crippen LogP contribution in [0.15, 0.2) is 28.7 Å². The molecule has 1 heterocycles. The van der Waals surface area contributed by atoms with Crippen LogP contribution in [-0.4, -0.2) is 17.0 Å². The fourth-order valence-electron chi connectivity index (χ4n) is 3.57. The third-order valence-electron chi connectivity index (χ3n) is 5.17. The fourth-order valence-corrected chi connectivity index (χ4v) is 3.57. The monoisotopic (exact) mass is 271 g/mol. The molecule has 3 atom stereocenters. The van der Waals surface area contributed by atoms with Crippen LogP contribution in [0, 0.1) is 5.92 Å². The molecular formula is C18H25NO. The van der Waals surface area contributed by atoms with Crippen LogP contribution in [-0.2, 0) is 6.54 Å². The molecule has 2 saturated carbocycles. The lowest BCUT2D eigenvalue weighted by Crippen LogP contribution is -2.36. The van der Waals surface area contributed by atoms with Gasteiger partial charge >= 0.3 is 0 Å². The van der Waals surface area contributed by atoms with Gasteiger partial charge in [0, 0.05) is 18.0 Å². The maximum atomic E-state index is 6.11. The van der Waals surface area contributed by atoms with Crippen LogP contribution < -0.4 is 0 Å². The molecule has 108 valence electrons. The Hall–Kier alpha value is -1.02. The van der Waals surface area contributed by atoms with E-state index in [9.17, 15) is 0 Å². The third kappa shape index (κ3) is 2.58. The summed E-state index contributed by atoms with van der Waals surface area (Å²) in [6.07, 6.45) is 12.8. The Balaban J connectivity index is 1.46. The minimum Gasteiger partial charge on any atom is -0.464 e. The second-order valence-electron chi connectivity index (χ2n) is 6.95. The van der Waals surface area contributed by atoms with Gasteiger partial charge in [0.1, 0.15) is 11.5 Å². The van der Waals surface area contributed by atoms with Gasteiger partial charge in [-0.25, -0.2) is 0 Å². The molecule has 3 aliphatic rings. The van der Waals surface area contributed by atoms with Crippen molar-refractivity contribution in [2.75, 3.05) is 0 Å². The van der Waals surface area contributed by atoms with Crippen molar-refractivity contribution in [1.82, 2.24) is 4.90 Å². The number of nitrogens with zero attached hydrogens (tertiary/aromatic N) is 1. The highest BCUT2D eigenvalue weighted by molar-refractivity contribution is 5.18. The minimum atomic E-state index is 0.643. The molecule has 0 saturated heterocycles. The molecule has 0 N–H and O–H groups in total. The zero-order chi connectivity index (χ0) is 13.5. The molecule has 1 aromatic heterocycles. The first kappa shape index (κ1) is 12.7. The highest BCUT2D eigenvalue weighted by atomic mass is 16.3. The van der Waals surface area contributed by atoms with Gasteiger partial charge in [-0.2, -0.15) is 0 Å². The van der Waals surface area contributed by atoms with Crippen molar-refractivity contribution < 1.29 is 4.42 Å². The zero-order valence-corrected chi connectivity index (χ0v) is 12.4. The summed E-state index contributed by atoms with van der Waals surface area (Å²) in [4.78, 5) is 2.68. The molecule has 1 aromatic rings. The normalized spacial score (nSPS) is 32.8. The van der Waals surface area contributed by atoms with Crippen LogP contribution >= 0.6 is 0 Å². The van der Waals surface area contributed by atoms with E-state index in [1.54, 1.807) is 0 Å². The van der Waals surface area contributed by atoms with Crippen LogP contribution in [0.5, 0.6) is 0 Å². The molecule has 0 aliphatic heterocycles. The number of hydrogen-bond acceptors (Lipinski definition) is 2. The first-order chi connectivity index (χ1) is 9.81. The highest BCUT2D eigenvalue weighted by Gasteiger charge is 2.37. The largest absolute Gasteiger partial charge is 0.464 e. The predicted octanol–water partition coefficient (Wildman–Crippen LogP) is 4.48. The van der Waals surface area contributed by atoms with Gasteiger partial charge < -0.3 is 4.42 Å². The Morgan fingerprint density at radius 2 is 2.10 bits per heavy atom. The highest BCUT2D eigenvalue weighted by Crippen LogP contribution is 2.47. The average Bonchev–Trinajstić information content (AvgIpc) is 3.39. The van der Waals surface area contributed by atoms with Crippen molar-refractivity contribution >= 4 is 0 Å². The SMILES string of the molecule is CC1CC1c1ccc(CN(C2C=CCCC2)C2CC2)o1. The molecule has 3 unspecified atom stereocenters. The summed E-state index contributed by atoms with van der Waals surface area (Å²) in [6.45, 7) is 3.32. The smallest absolute Gasteiger partial charge is 0.118 e. The number of rotatable bonds is 5. The number of furan rings is 1. The Kier molecular flexibility index (Phi) is 3.22. The second kappa shape index (κ2) is 5.07. The van der Waals surface area contributed by atoms with E-state index in [1.165, 1.54) is 50.0 Å². The summed E-state index contributed by atoms with van der Waals surface area (Å²) in [7, 11) is 0. The summed E-state index contributed by atoms with van der Waals surface area (Å²) in [6, 6.07) is 5.87. The molecule has 0 aromatic carbocycles. The lowest BCUT2D eigenvalue weighted by Gasteiger charge is -2.30. The molecule has 0 radical (unpaired) electrons. The molecule has 20 heavy (non-hydrogen) atoms. The van der Waals surface area contributed by atoms with Gasteiger partial charge in [0.25, 0.3) is 0 Å². The van der Waals surface area contributed by atoms with Crippen molar-refractivity contribution in [2.24, 2.45) is 5.92 Å². The summed E-state index contributed by atoms with van der Waals surface area (Å²) >= 11 is 0. The summed E-state index contributed by atoms with van der Waals surface area (Å²) in [5, 5.41) is 0. The van der Waals surface area contributed by atoms with Gasteiger partial charge in [0.05, 0.1) is 6.54 Å². The Bertz CT molecular complexity index is 499. The molecule has 2 fully saturated rings. The molecule has 0 bridgehead atoms. The van der Waals surface area contributed by atoms with Crippen molar-refractivity contribution in [3.63, 3.8) is 0 Å². The van der Waals surface area contributed by atoms with Crippen molar-refractivity contribution in [1.29, 1.82) is 0 Å². The van der Waals surface area contributed by atoms with E-state index in [0.29, 0.717) is 12.0 Å². The molecule has 4 rings (SSSR count). The van der Waals surface area contributed by atoms with Gasteiger partial charge in [-0.15, -0.1) is 0 Å². The topological polar surface area (TPSA) is 16.4 Å². The van der Waals surface area contributed by atoms with E-state index >= 15 is 0 Å². The number of allylic oxidation sites excluding steroid dienone is 1. The Labute approximate surface area is 121 Å². The molecule has 0 amide bonds. The quantitative estimate of drug-likeness (QED) is 0.734. The summed E-state index contributed by atoms with van der Waals surface area (Å²) in [5.74, 6) is 3.93. The van der Waals surface area contributed by atoms with E-state index in [-0.39, 0.29) is 0 Å². The molecular weight excluding hydrogens is 246 g/mol. The lowest BCUT2D eigenvalue weighted by molar-refractivity contribution is 0.179. The maximum absolute atomic E-state index is 6.11. The molecule has 2 heteroatoms. The van der Waals surface area contributed by atoms with E-state index in [1.807, 2.05) is 0 Å². The second-order valence-corrected chi connectivity index (χ2v) is 6.95. The van der Waals surface area contributed by atoms with Gasteiger partial charge in [0.2, 0.25) is 0 Å². The van der Waals surface area contributed by atoms with Gasteiger partial charge in [-0.05, 0) is 56.6 Å². The van der Waals surface area contributed by atoms with E-state index in [0.717, 1.165) is 18.5 Å². The van der Waals surface area contributed by atoms with Crippen LogP contribution in [0.2, 0.25) is 0 Å². The molecule has 2 nitrogen and oxygen atoms in total. The van der Waals surface area contributed by atoms with Gasteiger partial charge in [-0.1, -0.05) is 19.1 Å².